The number of rotatable bonds is 6. The summed E-state index contributed by atoms with van der Waals surface area (Å²) >= 11 is 6.22. The molecule has 2 aromatic carbocycles. The van der Waals surface area contributed by atoms with Crippen LogP contribution >= 0.6 is 11.6 Å². The molecule has 0 saturated heterocycles. The molecule has 0 radical (unpaired) electrons. The predicted octanol–water partition coefficient (Wildman–Crippen LogP) is 4.84. The van der Waals surface area contributed by atoms with E-state index in [4.69, 9.17) is 11.6 Å². The summed E-state index contributed by atoms with van der Waals surface area (Å²) in [7, 11) is -2.22. The Labute approximate surface area is 184 Å². The van der Waals surface area contributed by atoms with E-state index < -0.39 is 15.8 Å². The molecule has 0 aliphatic carbocycles. The van der Waals surface area contributed by atoms with Gasteiger partial charge >= 0.3 is 0 Å². The molecule has 4 rings (SSSR count). The quantitative estimate of drug-likeness (QED) is 0.404. The van der Waals surface area contributed by atoms with Gasteiger partial charge in [-0.1, -0.05) is 23.7 Å². The van der Waals surface area contributed by atoms with Crippen LogP contribution in [0.15, 0.2) is 65.7 Å². The van der Waals surface area contributed by atoms with Crippen molar-refractivity contribution in [2.24, 2.45) is 0 Å². The fraction of sp³-hybridized carbons (Fsp3) is 0.136. The van der Waals surface area contributed by atoms with E-state index in [0.717, 1.165) is 22.7 Å². The molecule has 0 bridgehead atoms. The molecule has 31 heavy (non-hydrogen) atoms. The largest absolute Gasteiger partial charge is 0.353 e. The van der Waals surface area contributed by atoms with E-state index in [1.165, 1.54) is 22.2 Å². The highest BCUT2D eigenvalue weighted by Crippen LogP contribution is 2.31. The van der Waals surface area contributed by atoms with Gasteiger partial charge in [0.25, 0.3) is 10.0 Å². The first-order valence-electron chi connectivity index (χ1n) is 9.49. The topological polar surface area (TPSA) is 76.0 Å². The number of anilines is 2. The van der Waals surface area contributed by atoms with Gasteiger partial charge in [0.05, 0.1) is 16.1 Å². The number of fused-ring (bicyclic) bond motifs is 1. The van der Waals surface area contributed by atoms with Crippen LogP contribution in [0.2, 0.25) is 5.15 Å². The molecule has 2 N–H and O–H groups in total. The van der Waals surface area contributed by atoms with E-state index in [0.29, 0.717) is 28.6 Å². The Morgan fingerprint density at radius 3 is 2.65 bits per heavy atom. The van der Waals surface area contributed by atoms with Gasteiger partial charge in [0.1, 0.15) is 5.82 Å². The number of halogens is 2. The van der Waals surface area contributed by atoms with E-state index in [1.807, 2.05) is 31.2 Å². The van der Waals surface area contributed by atoms with E-state index in [-0.39, 0.29) is 4.90 Å². The van der Waals surface area contributed by atoms with Gasteiger partial charge in [-0.05, 0) is 62.0 Å². The molecule has 0 spiro atoms. The molecular formula is C22H20ClFN4O2S. The molecule has 0 unspecified atom stereocenters. The van der Waals surface area contributed by atoms with Gasteiger partial charge < -0.3 is 10.6 Å². The van der Waals surface area contributed by atoms with Crippen LogP contribution in [0.5, 0.6) is 0 Å². The number of aromatic nitrogens is 2. The maximum Gasteiger partial charge on any atom is 0.268 e. The third-order valence-corrected chi connectivity index (χ3v) is 6.80. The van der Waals surface area contributed by atoms with Gasteiger partial charge in [0.15, 0.2) is 5.15 Å². The number of hydrogen-bond acceptors (Lipinski definition) is 5. The highest BCUT2D eigenvalue weighted by Gasteiger charge is 2.22. The van der Waals surface area contributed by atoms with Crippen molar-refractivity contribution in [1.29, 1.82) is 0 Å². The number of aryl methyl sites for hydroxylation is 1. The third kappa shape index (κ3) is 4.14. The van der Waals surface area contributed by atoms with Crippen molar-refractivity contribution in [2.45, 2.75) is 18.4 Å². The van der Waals surface area contributed by atoms with Crippen LogP contribution in [0.4, 0.5) is 15.8 Å². The molecule has 0 fully saturated rings. The Balaban J connectivity index is 1.85. The molecule has 4 aromatic rings. The van der Waals surface area contributed by atoms with Crippen molar-refractivity contribution in [3.63, 3.8) is 0 Å². The Morgan fingerprint density at radius 2 is 1.94 bits per heavy atom. The summed E-state index contributed by atoms with van der Waals surface area (Å²) in [5.74, 6) is -0.614. The van der Waals surface area contributed by atoms with Gasteiger partial charge in [-0.3, -0.25) is 0 Å². The van der Waals surface area contributed by atoms with Crippen LogP contribution in [0.25, 0.3) is 10.9 Å². The second-order valence-corrected chi connectivity index (χ2v) is 9.26. The molecule has 0 atom stereocenters. The predicted molar refractivity (Wildman–Crippen MR) is 121 cm³/mol. The maximum atomic E-state index is 13.7. The van der Waals surface area contributed by atoms with Crippen molar-refractivity contribution >= 4 is 43.9 Å². The summed E-state index contributed by atoms with van der Waals surface area (Å²) in [6.07, 6.45) is 1.56. The number of nitrogens with one attached hydrogen (secondary N) is 2. The number of benzene rings is 2. The number of pyridine rings is 1. The summed E-state index contributed by atoms with van der Waals surface area (Å²) in [6.45, 7) is 2.32. The molecule has 0 saturated carbocycles. The lowest BCUT2D eigenvalue weighted by atomic mass is 10.1. The van der Waals surface area contributed by atoms with Crippen molar-refractivity contribution in [3.05, 3.63) is 83.0 Å². The molecule has 2 aromatic heterocycles. The number of nitrogens with zero attached hydrogens (tertiary/aromatic N) is 2. The first-order valence-corrected chi connectivity index (χ1v) is 11.3. The smallest absolute Gasteiger partial charge is 0.268 e. The zero-order valence-electron chi connectivity index (χ0n) is 16.9. The van der Waals surface area contributed by atoms with E-state index >= 15 is 0 Å². The second-order valence-electron chi connectivity index (χ2n) is 7.09. The fourth-order valence-electron chi connectivity index (χ4n) is 3.39. The highest BCUT2D eigenvalue weighted by molar-refractivity contribution is 7.90. The van der Waals surface area contributed by atoms with Gasteiger partial charge in [-0.2, -0.15) is 0 Å². The van der Waals surface area contributed by atoms with Gasteiger partial charge in [0.2, 0.25) is 0 Å². The third-order valence-electron chi connectivity index (χ3n) is 4.84. The molecule has 160 valence electrons. The standard InChI is InChI=1S/C22H20ClFN4O2S/c1-14-6-9-20(22(23)26-14)27-17-7-8-19-15(12-25-2)13-28(21(19)11-17)31(29,30)18-5-3-4-16(24)10-18/h3-11,13,25,27H,12H2,1-2H3. The molecule has 0 aliphatic heterocycles. The van der Waals surface area contributed by atoms with Crippen LogP contribution < -0.4 is 10.6 Å². The van der Waals surface area contributed by atoms with Crippen LogP contribution in [-0.2, 0) is 16.6 Å². The monoisotopic (exact) mass is 458 g/mol. The molecule has 9 heteroatoms. The first kappa shape index (κ1) is 21.3. The SMILES string of the molecule is CNCc1cn(S(=O)(=O)c2cccc(F)c2)c2cc(Nc3ccc(C)nc3Cl)ccc12. The Morgan fingerprint density at radius 1 is 1.13 bits per heavy atom. The molecule has 0 amide bonds. The lowest BCUT2D eigenvalue weighted by Crippen LogP contribution is -2.12. The number of hydrogen-bond donors (Lipinski definition) is 2. The normalized spacial score (nSPS) is 11.7. The van der Waals surface area contributed by atoms with E-state index in [9.17, 15) is 12.8 Å². The maximum absolute atomic E-state index is 13.7. The average molecular weight is 459 g/mol. The van der Waals surface area contributed by atoms with Crippen molar-refractivity contribution in [1.82, 2.24) is 14.3 Å². The molecule has 6 nitrogen and oxygen atoms in total. The van der Waals surface area contributed by atoms with Gasteiger partial charge in [-0.25, -0.2) is 21.8 Å². The summed E-state index contributed by atoms with van der Waals surface area (Å²) in [4.78, 5) is 4.10. The minimum absolute atomic E-state index is 0.121. The molecule has 2 heterocycles. The van der Waals surface area contributed by atoms with Crippen molar-refractivity contribution in [3.8, 4) is 0 Å². The zero-order chi connectivity index (χ0) is 22.2. The minimum atomic E-state index is -4.01. The summed E-state index contributed by atoms with van der Waals surface area (Å²) in [5, 5.41) is 7.32. The van der Waals surface area contributed by atoms with Crippen LogP contribution in [0, 0.1) is 12.7 Å². The summed E-state index contributed by atoms with van der Waals surface area (Å²) in [6, 6.07) is 14.0. The zero-order valence-corrected chi connectivity index (χ0v) is 18.4. The highest BCUT2D eigenvalue weighted by atomic mass is 35.5. The summed E-state index contributed by atoms with van der Waals surface area (Å²) < 4.78 is 41.5. The van der Waals surface area contributed by atoms with Gasteiger partial charge in [0, 0.05) is 29.5 Å². The average Bonchev–Trinajstić information content (AvgIpc) is 3.09. The van der Waals surface area contributed by atoms with Crippen molar-refractivity contribution in [2.75, 3.05) is 12.4 Å². The van der Waals surface area contributed by atoms with Crippen LogP contribution in [0.3, 0.4) is 0 Å². The van der Waals surface area contributed by atoms with Crippen molar-refractivity contribution < 1.29 is 12.8 Å². The Bertz CT molecular complexity index is 1390. The molecule has 0 aliphatic rings. The van der Waals surface area contributed by atoms with E-state index in [1.54, 1.807) is 19.3 Å². The Kier molecular flexibility index (Phi) is 5.70. The molecular weight excluding hydrogens is 439 g/mol. The van der Waals surface area contributed by atoms with Crippen LogP contribution in [-0.4, -0.2) is 24.4 Å². The van der Waals surface area contributed by atoms with Crippen LogP contribution in [0.1, 0.15) is 11.3 Å². The lowest BCUT2D eigenvalue weighted by molar-refractivity contribution is 0.584. The fourth-order valence-corrected chi connectivity index (χ4v) is 5.05. The summed E-state index contributed by atoms with van der Waals surface area (Å²) in [5.41, 5.74) is 3.31. The van der Waals surface area contributed by atoms with E-state index in [2.05, 4.69) is 15.6 Å². The first-order chi connectivity index (χ1) is 14.8. The second kappa shape index (κ2) is 8.30. The lowest BCUT2D eigenvalue weighted by Gasteiger charge is -2.11. The Hall–Kier alpha value is -2.94. The van der Waals surface area contributed by atoms with Gasteiger partial charge in [-0.15, -0.1) is 0 Å². The minimum Gasteiger partial charge on any atom is -0.353 e.